The largest absolute Gasteiger partial charge is 0.475 e. The van der Waals surface area contributed by atoms with Gasteiger partial charge in [-0.2, -0.15) is 0 Å². The molecule has 49 valence electrons. The first-order chi connectivity index (χ1) is 4.43. The van der Waals surface area contributed by atoms with Crippen LogP contribution < -0.4 is 5.32 Å². The molecule has 3 nitrogen and oxygen atoms in total. The van der Waals surface area contributed by atoms with Crippen LogP contribution in [0.1, 0.15) is 0 Å². The van der Waals surface area contributed by atoms with Crippen LogP contribution in [0.5, 0.6) is 0 Å². The van der Waals surface area contributed by atoms with E-state index in [0.29, 0.717) is 5.82 Å². The molecular weight excluding hydrogens is 205 g/mol. The molecule has 1 rings (SSSR count). The van der Waals surface area contributed by atoms with E-state index in [2.05, 4.69) is 10.3 Å². The van der Waals surface area contributed by atoms with Crippen molar-refractivity contribution in [3.63, 3.8) is 0 Å². The molecule has 1 heterocycles. The van der Waals surface area contributed by atoms with Gasteiger partial charge in [0.1, 0.15) is 0 Å². The van der Waals surface area contributed by atoms with Crippen molar-refractivity contribution in [2.45, 2.75) is 0 Å². The van der Waals surface area contributed by atoms with Crippen molar-refractivity contribution in [3.05, 3.63) is 24.4 Å². The SMILES string of the molecule is O=[C-]Nc1ccccn1.[Y]. The summed E-state index contributed by atoms with van der Waals surface area (Å²) in [6, 6.07) is 5.24. The van der Waals surface area contributed by atoms with Gasteiger partial charge in [-0.15, -0.1) is 6.07 Å². The quantitative estimate of drug-likeness (QED) is 0.572. The second-order valence-electron chi connectivity index (χ2n) is 1.44. The summed E-state index contributed by atoms with van der Waals surface area (Å²) in [5, 5.41) is 2.29. The Morgan fingerprint density at radius 3 is 2.80 bits per heavy atom. The average Bonchev–Trinajstić information content (AvgIpc) is 1.91. The van der Waals surface area contributed by atoms with Gasteiger partial charge < -0.3 is 15.1 Å². The molecule has 1 N–H and O–H groups in total. The Morgan fingerprint density at radius 1 is 1.50 bits per heavy atom. The molecule has 10 heavy (non-hydrogen) atoms. The summed E-state index contributed by atoms with van der Waals surface area (Å²) in [5.74, 6) is 0.521. The Labute approximate surface area is 84.1 Å². The fourth-order valence-electron chi connectivity index (χ4n) is 0.489. The zero-order chi connectivity index (χ0) is 6.53. The van der Waals surface area contributed by atoms with Gasteiger partial charge in [-0.05, 0) is 11.9 Å². The summed E-state index contributed by atoms with van der Waals surface area (Å²) < 4.78 is 0. The van der Waals surface area contributed by atoms with E-state index in [9.17, 15) is 4.79 Å². The molecule has 0 saturated heterocycles. The topological polar surface area (TPSA) is 42.0 Å². The second kappa shape index (κ2) is 5.50. The third-order valence-corrected chi connectivity index (χ3v) is 0.844. The summed E-state index contributed by atoms with van der Waals surface area (Å²) in [6.45, 7) is 0. The molecule has 0 unspecified atom stereocenters. The molecule has 0 saturated carbocycles. The second-order valence-corrected chi connectivity index (χ2v) is 1.44. The van der Waals surface area contributed by atoms with E-state index in [0.717, 1.165) is 0 Å². The van der Waals surface area contributed by atoms with Crippen LogP contribution in [0.3, 0.4) is 0 Å². The molecule has 0 aliphatic rings. The van der Waals surface area contributed by atoms with Crippen molar-refractivity contribution in [3.8, 4) is 0 Å². The van der Waals surface area contributed by atoms with E-state index in [-0.39, 0.29) is 32.7 Å². The smallest absolute Gasteiger partial charge is 0.0703 e. The molecule has 1 aromatic rings. The number of hydrogen-bond donors (Lipinski definition) is 1. The Hall–Kier alpha value is -0.276. The van der Waals surface area contributed by atoms with Gasteiger partial charge in [0.2, 0.25) is 0 Å². The molecule has 4 heteroatoms. The zero-order valence-corrected chi connectivity index (χ0v) is 8.08. The summed E-state index contributed by atoms with van der Waals surface area (Å²) >= 11 is 0. The molecule has 0 atom stereocenters. The molecule has 0 aromatic carbocycles. The van der Waals surface area contributed by atoms with E-state index in [1.807, 2.05) is 0 Å². The van der Waals surface area contributed by atoms with Crippen LogP contribution in [0.25, 0.3) is 0 Å². The van der Waals surface area contributed by atoms with Crippen LogP contribution in [0.15, 0.2) is 24.4 Å². The summed E-state index contributed by atoms with van der Waals surface area (Å²) in [5.41, 5.74) is 0. The number of hydrogen-bond acceptors (Lipinski definition) is 2. The summed E-state index contributed by atoms with van der Waals surface area (Å²) in [4.78, 5) is 13.5. The van der Waals surface area contributed by atoms with Crippen molar-refractivity contribution in [1.29, 1.82) is 0 Å². The number of pyridine rings is 1. The number of nitrogens with one attached hydrogen (secondary N) is 1. The van der Waals surface area contributed by atoms with Gasteiger partial charge in [-0.25, -0.2) is 0 Å². The normalized spacial score (nSPS) is 7.60. The van der Waals surface area contributed by atoms with Gasteiger partial charge in [0, 0.05) is 38.9 Å². The minimum Gasteiger partial charge on any atom is -0.475 e. The Kier molecular flexibility index (Phi) is 5.35. The zero-order valence-electron chi connectivity index (χ0n) is 5.24. The van der Waals surface area contributed by atoms with E-state index in [4.69, 9.17) is 0 Å². The Bertz CT molecular complexity index is 190. The minimum absolute atomic E-state index is 0. The van der Waals surface area contributed by atoms with Gasteiger partial charge >= 0.3 is 0 Å². The number of nitrogens with zero attached hydrogens (tertiary/aromatic N) is 1. The summed E-state index contributed by atoms with van der Waals surface area (Å²) in [7, 11) is 0. The first-order valence-corrected chi connectivity index (χ1v) is 2.47. The van der Waals surface area contributed by atoms with Crippen LogP contribution >= 0.6 is 0 Å². The Balaban J connectivity index is 0.000000810. The molecule has 0 spiro atoms. The molecule has 1 amide bonds. The number of rotatable bonds is 2. The standard InChI is InChI=1S/C6H5N2O.Y/c9-5-8-6-3-1-2-4-7-6;/h1-4H,(H,7,8,9);/q-1;. The number of carbonyl (C=O) groups excluding carboxylic acids is 1. The Morgan fingerprint density at radius 2 is 2.30 bits per heavy atom. The number of amides is 1. The molecule has 1 aromatic heterocycles. The monoisotopic (exact) mass is 210 g/mol. The van der Waals surface area contributed by atoms with E-state index in [1.54, 1.807) is 24.4 Å². The van der Waals surface area contributed by atoms with Crippen LogP contribution in [0.4, 0.5) is 5.82 Å². The molecule has 0 fully saturated rings. The first kappa shape index (κ1) is 9.72. The van der Waals surface area contributed by atoms with Crippen LogP contribution in [0, 0.1) is 0 Å². The molecule has 0 aliphatic carbocycles. The summed E-state index contributed by atoms with van der Waals surface area (Å²) in [6.07, 6.45) is 3.12. The van der Waals surface area contributed by atoms with E-state index in [1.165, 1.54) is 6.41 Å². The molecular formula is C6H5N2OY-. The van der Waals surface area contributed by atoms with Gasteiger partial charge in [0.05, 0.1) is 6.41 Å². The van der Waals surface area contributed by atoms with Crippen molar-refractivity contribution < 1.29 is 37.5 Å². The van der Waals surface area contributed by atoms with Gasteiger partial charge in [-0.3, -0.25) is 0 Å². The first-order valence-electron chi connectivity index (χ1n) is 2.47. The van der Waals surface area contributed by atoms with Gasteiger partial charge in [0.15, 0.2) is 0 Å². The number of anilines is 1. The van der Waals surface area contributed by atoms with Gasteiger partial charge in [0.25, 0.3) is 0 Å². The van der Waals surface area contributed by atoms with Crippen LogP contribution in [0.2, 0.25) is 0 Å². The minimum atomic E-state index is 0. The molecule has 0 bridgehead atoms. The van der Waals surface area contributed by atoms with E-state index >= 15 is 0 Å². The van der Waals surface area contributed by atoms with Crippen molar-refractivity contribution in [2.24, 2.45) is 0 Å². The maximum absolute atomic E-state index is 9.70. The molecule has 0 aliphatic heterocycles. The third-order valence-electron chi connectivity index (χ3n) is 0.844. The van der Waals surface area contributed by atoms with Crippen molar-refractivity contribution >= 4 is 12.2 Å². The van der Waals surface area contributed by atoms with E-state index < -0.39 is 0 Å². The molecule has 1 radical (unpaired) electrons. The maximum Gasteiger partial charge on any atom is 0.0703 e. The fraction of sp³-hybridized carbons (Fsp3) is 0. The van der Waals surface area contributed by atoms with Crippen molar-refractivity contribution in [1.82, 2.24) is 4.98 Å². The predicted octanol–water partition coefficient (Wildman–Crippen LogP) is 0.558. The fourth-order valence-corrected chi connectivity index (χ4v) is 0.489. The van der Waals surface area contributed by atoms with Crippen LogP contribution in [-0.2, 0) is 37.5 Å². The number of aromatic nitrogens is 1. The predicted molar refractivity (Wildman–Crippen MR) is 33.6 cm³/mol. The average molecular weight is 210 g/mol. The third kappa shape index (κ3) is 3.04. The maximum atomic E-state index is 9.70. The van der Waals surface area contributed by atoms with Crippen LogP contribution in [-0.4, -0.2) is 11.4 Å². The van der Waals surface area contributed by atoms with Crippen molar-refractivity contribution in [2.75, 3.05) is 5.32 Å². The van der Waals surface area contributed by atoms with Gasteiger partial charge in [-0.1, -0.05) is 6.07 Å².